The molecule has 0 atom stereocenters. The van der Waals surface area contributed by atoms with E-state index in [4.69, 9.17) is 9.47 Å². The zero-order valence-electron chi connectivity index (χ0n) is 15.0. The van der Waals surface area contributed by atoms with Gasteiger partial charge in [-0.25, -0.2) is 5.43 Å². The van der Waals surface area contributed by atoms with Crippen molar-refractivity contribution in [3.63, 3.8) is 0 Å². The van der Waals surface area contributed by atoms with Gasteiger partial charge in [-0.05, 0) is 47.5 Å². The van der Waals surface area contributed by atoms with Crippen LogP contribution in [0.2, 0.25) is 0 Å². The summed E-state index contributed by atoms with van der Waals surface area (Å²) in [6.45, 7) is 4.08. The number of quaternary nitrogens is 1. The zero-order valence-corrected chi connectivity index (χ0v) is 16.6. The van der Waals surface area contributed by atoms with Gasteiger partial charge in [0, 0.05) is 4.47 Å². The first-order chi connectivity index (χ1) is 13.2. The number of hydrogen-bond acceptors (Lipinski definition) is 4. The summed E-state index contributed by atoms with van der Waals surface area (Å²) in [5.41, 5.74) is 4.58. The van der Waals surface area contributed by atoms with Crippen molar-refractivity contribution in [1.29, 1.82) is 0 Å². The number of hydrazone groups is 1. The lowest BCUT2D eigenvalue weighted by Gasteiger charge is -2.22. The molecule has 6 nitrogen and oxygen atoms in total. The Hall–Kier alpha value is -2.22. The summed E-state index contributed by atoms with van der Waals surface area (Å²) in [5.74, 6) is 0.702. The van der Waals surface area contributed by atoms with Gasteiger partial charge in [-0.15, -0.1) is 0 Å². The third kappa shape index (κ3) is 6.78. The van der Waals surface area contributed by atoms with Crippen LogP contribution in [0.4, 0.5) is 0 Å². The van der Waals surface area contributed by atoms with Crippen LogP contribution in [-0.4, -0.2) is 45.0 Å². The minimum atomic E-state index is -0.0856. The van der Waals surface area contributed by atoms with Crippen molar-refractivity contribution in [2.24, 2.45) is 5.10 Å². The first kappa shape index (κ1) is 19.5. The van der Waals surface area contributed by atoms with E-state index >= 15 is 0 Å². The molecule has 0 radical (unpaired) electrons. The molecule has 2 aromatic rings. The highest BCUT2D eigenvalue weighted by atomic mass is 79.9. The Bertz CT molecular complexity index is 757. The minimum Gasteiger partial charge on any atom is -0.489 e. The van der Waals surface area contributed by atoms with Crippen molar-refractivity contribution in [1.82, 2.24) is 5.43 Å². The van der Waals surface area contributed by atoms with Crippen molar-refractivity contribution in [2.75, 3.05) is 32.8 Å². The number of rotatable bonds is 7. The van der Waals surface area contributed by atoms with Crippen LogP contribution in [0.15, 0.2) is 58.1 Å². The number of amides is 1. The predicted molar refractivity (Wildman–Crippen MR) is 107 cm³/mol. The van der Waals surface area contributed by atoms with Gasteiger partial charge in [0.2, 0.25) is 0 Å². The molecule has 3 rings (SSSR count). The number of morpholine rings is 1. The molecule has 1 amide bonds. The highest BCUT2D eigenvalue weighted by molar-refractivity contribution is 9.10. The molecule has 1 fully saturated rings. The first-order valence-electron chi connectivity index (χ1n) is 8.89. The maximum atomic E-state index is 11.9. The van der Waals surface area contributed by atoms with Gasteiger partial charge in [-0.2, -0.15) is 5.10 Å². The van der Waals surface area contributed by atoms with Gasteiger partial charge in [-0.3, -0.25) is 4.79 Å². The van der Waals surface area contributed by atoms with Crippen LogP contribution in [-0.2, 0) is 16.1 Å². The topological polar surface area (TPSA) is 64.4 Å². The summed E-state index contributed by atoms with van der Waals surface area (Å²) in [7, 11) is 0. The lowest BCUT2D eigenvalue weighted by Crippen LogP contribution is -3.15. The van der Waals surface area contributed by atoms with Gasteiger partial charge < -0.3 is 14.4 Å². The van der Waals surface area contributed by atoms with Crippen LogP contribution in [0.25, 0.3) is 0 Å². The highest BCUT2D eigenvalue weighted by Crippen LogP contribution is 2.15. The molecule has 0 aliphatic carbocycles. The molecular formula is C20H23BrN3O3+. The standard InChI is InChI=1S/C20H22BrN3O3/c21-18-5-1-17(2-6-18)15-27-19-7-3-16(4-8-19)13-22-23-20(25)14-24-9-11-26-12-10-24/h1-8,13H,9-12,14-15H2,(H,23,25)/p+1/b22-13-. The van der Waals surface area contributed by atoms with Gasteiger partial charge in [0.15, 0.2) is 6.54 Å². The molecule has 27 heavy (non-hydrogen) atoms. The third-order valence-corrected chi connectivity index (χ3v) is 4.74. The summed E-state index contributed by atoms with van der Waals surface area (Å²) in [6, 6.07) is 15.6. The SMILES string of the molecule is O=C(C[NH+]1CCOCC1)N/N=C\c1ccc(OCc2ccc(Br)cc2)cc1. The van der Waals surface area contributed by atoms with Crippen molar-refractivity contribution in [2.45, 2.75) is 6.61 Å². The first-order valence-corrected chi connectivity index (χ1v) is 9.69. The second-order valence-corrected chi connectivity index (χ2v) is 7.23. The Labute approximate surface area is 167 Å². The van der Waals surface area contributed by atoms with E-state index in [2.05, 4.69) is 26.5 Å². The van der Waals surface area contributed by atoms with E-state index < -0.39 is 0 Å². The normalized spacial score (nSPS) is 15.0. The Morgan fingerprint density at radius 2 is 1.85 bits per heavy atom. The lowest BCUT2D eigenvalue weighted by molar-refractivity contribution is -0.900. The Morgan fingerprint density at radius 1 is 1.15 bits per heavy atom. The second-order valence-electron chi connectivity index (χ2n) is 6.32. The minimum absolute atomic E-state index is 0.0856. The molecule has 1 saturated heterocycles. The fourth-order valence-corrected chi connectivity index (χ4v) is 2.94. The van der Waals surface area contributed by atoms with E-state index in [0.717, 1.165) is 34.4 Å². The van der Waals surface area contributed by atoms with Crippen LogP contribution < -0.4 is 15.1 Å². The van der Waals surface area contributed by atoms with E-state index in [1.165, 1.54) is 4.90 Å². The Kier molecular flexibility index (Phi) is 7.38. The monoisotopic (exact) mass is 432 g/mol. The Balaban J connectivity index is 1.42. The molecule has 1 heterocycles. The molecule has 142 valence electrons. The summed E-state index contributed by atoms with van der Waals surface area (Å²) in [6.07, 6.45) is 1.63. The molecular weight excluding hydrogens is 410 g/mol. The highest BCUT2D eigenvalue weighted by Gasteiger charge is 2.16. The van der Waals surface area contributed by atoms with Crippen LogP contribution >= 0.6 is 15.9 Å². The number of nitrogens with zero attached hydrogens (tertiary/aromatic N) is 1. The Morgan fingerprint density at radius 3 is 2.56 bits per heavy atom. The van der Waals surface area contributed by atoms with Gasteiger partial charge in [0.25, 0.3) is 5.91 Å². The van der Waals surface area contributed by atoms with Crippen LogP contribution in [0.5, 0.6) is 5.75 Å². The van der Waals surface area contributed by atoms with Crippen LogP contribution in [0, 0.1) is 0 Å². The number of carbonyl (C=O) groups is 1. The number of nitrogens with one attached hydrogen (secondary N) is 2. The smallest absolute Gasteiger partial charge is 0.295 e. The number of halogens is 1. The maximum Gasteiger partial charge on any atom is 0.295 e. The summed E-state index contributed by atoms with van der Waals surface area (Å²) >= 11 is 3.42. The molecule has 7 heteroatoms. The molecule has 0 aromatic heterocycles. The summed E-state index contributed by atoms with van der Waals surface area (Å²) in [5, 5.41) is 4.02. The van der Waals surface area contributed by atoms with Crippen molar-refractivity contribution >= 4 is 28.1 Å². The molecule has 2 aromatic carbocycles. The van der Waals surface area contributed by atoms with E-state index in [-0.39, 0.29) is 5.91 Å². The number of benzene rings is 2. The molecule has 1 aliphatic heterocycles. The molecule has 0 saturated carbocycles. The van der Waals surface area contributed by atoms with E-state index in [1.807, 2.05) is 48.5 Å². The quantitative estimate of drug-likeness (QED) is 0.513. The summed E-state index contributed by atoms with van der Waals surface area (Å²) in [4.78, 5) is 13.1. The van der Waals surface area contributed by atoms with Crippen LogP contribution in [0.1, 0.15) is 11.1 Å². The second kappa shape index (κ2) is 10.2. The number of hydrogen-bond donors (Lipinski definition) is 2. The van der Waals surface area contributed by atoms with Crippen LogP contribution in [0.3, 0.4) is 0 Å². The summed E-state index contributed by atoms with van der Waals surface area (Å²) < 4.78 is 12.1. The number of ether oxygens (including phenoxy) is 2. The van der Waals surface area contributed by atoms with Gasteiger partial charge in [-0.1, -0.05) is 28.1 Å². The fraction of sp³-hybridized carbons (Fsp3) is 0.300. The van der Waals surface area contributed by atoms with E-state index in [0.29, 0.717) is 26.4 Å². The van der Waals surface area contributed by atoms with Crippen molar-refractivity contribution in [3.05, 3.63) is 64.1 Å². The molecule has 0 spiro atoms. The maximum absolute atomic E-state index is 11.9. The number of carbonyl (C=O) groups excluding carboxylic acids is 1. The van der Waals surface area contributed by atoms with E-state index in [1.54, 1.807) is 6.21 Å². The average Bonchev–Trinajstić information content (AvgIpc) is 2.69. The zero-order chi connectivity index (χ0) is 18.9. The van der Waals surface area contributed by atoms with Gasteiger partial charge >= 0.3 is 0 Å². The molecule has 0 bridgehead atoms. The molecule has 1 aliphatic rings. The predicted octanol–water partition coefficient (Wildman–Crippen LogP) is 1.39. The van der Waals surface area contributed by atoms with Crippen molar-refractivity contribution < 1.29 is 19.2 Å². The largest absolute Gasteiger partial charge is 0.489 e. The van der Waals surface area contributed by atoms with Crippen molar-refractivity contribution in [3.8, 4) is 5.75 Å². The van der Waals surface area contributed by atoms with Gasteiger partial charge in [0.1, 0.15) is 25.4 Å². The van der Waals surface area contributed by atoms with E-state index in [9.17, 15) is 4.79 Å². The lowest BCUT2D eigenvalue weighted by atomic mass is 10.2. The third-order valence-electron chi connectivity index (χ3n) is 4.21. The molecule has 2 N–H and O–H groups in total. The van der Waals surface area contributed by atoms with Gasteiger partial charge in [0.05, 0.1) is 19.4 Å². The molecule has 0 unspecified atom stereocenters. The average molecular weight is 433 g/mol. The fourth-order valence-electron chi connectivity index (χ4n) is 2.68.